The first-order valence-corrected chi connectivity index (χ1v) is 37.0. The number of nitrogens with two attached hydrogens (primary N) is 1. The van der Waals surface area contributed by atoms with Crippen LogP contribution >= 0.6 is 0 Å². The van der Waals surface area contributed by atoms with Crippen LogP contribution < -0.4 is 30.7 Å². The molecular formula is C88H94N12O9. The molecule has 0 spiro atoms. The van der Waals surface area contributed by atoms with E-state index >= 15 is 0 Å². The zero-order valence-electron chi connectivity index (χ0n) is 62.4. The van der Waals surface area contributed by atoms with Gasteiger partial charge in [-0.3, -0.25) is 4.79 Å². The van der Waals surface area contributed by atoms with Crippen molar-refractivity contribution in [3.05, 3.63) is 253 Å². The van der Waals surface area contributed by atoms with Crippen LogP contribution in [0.3, 0.4) is 0 Å². The van der Waals surface area contributed by atoms with Crippen LogP contribution in [-0.2, 0) is 19.0 Å². The van der Waals surface area contributed by atoms with Gasteiger partial charge in [0.2, 0.25) is 0 Å². The van der Waals surface area contributed by atoms with Crippen LogP contribution in [0.5, 0.6) is 0 Å². The number of rotatable bonds is 13. The first-order chi connectivity index (χ1) is 53.1. The highest BCUT2D eigenvalue weighted by molar-refractivity contribution is 5.97. The van der Waals surface area contributed by atoms with Crippen LogP contribution in [0.25, 0.3) is 66.9 Å². The first-order valence-electron chi connectivity index (χ1n) is 37.0. The maximum atomic E-state index is 12.0. The van der Waals surface area contributed by atoms with E-state index in [1.54, 1.807) is 62.4 Å². The number of ether oxygens (including phenoxy) is 3. The number of benzene rings is 9. The molecule has 9 aromatic carbocycles. The van der Waals surface area contributed by atoms with E-state index < -0.39 is 11.9 Å². The van der Waals surface area contributed by atoms with Crippen LogP contribution in [0.4, 0.5) is 34.5 Å². The Morgan fingerprint density at radius 3 is 1.18 bits per heavy atom. The molecule has 21 heteroatoms. The number of aromatic nitrogens is 6. The Kier molecular flexibility index (Phi) is 27.8. The summed E-state index contributed by atoms with van der Waals surface area (Å²) >= 11 is 0. The van der Waals surface area contributed by atoms with Crippen LogP contribution in [0.15, 0.2) is 237 Å². The summed E-state index contributed by atoms with van der Waals surface area (Å²) in [6, 6.07) is 76.7. The van der Waals surface area contributed by atoms with Crippen molar-refractivity contribution in [2.75, 3.05) is 104 Å². The Bertz CT molecular complexity index is 4920. The molecule has 0 radical (unpaired) electrons. The number of anilines is 6. The van der Waals surface area contributed by atoms with E-state index in [4.69, 9.17) is 55.0 Å². The fourth-order valence-electron chi connectivity index (χ4n) is 13.1. The summed E-state index contributed by atoms with van der Waals surface area (Å²) in [5.41, 5.74) is 19.3. The van der Waals surface area contributed by atoms with E-state index in [1.165, 1.54) is 32.7 Å². The van der Waals surface area contributed by atoms with E-state index in [9.17, 15) is 24.3 Å². The normalized spacial score (nSPS) is 14.2. The molecule has 4 aliphatic rings. The van der Waals surface area contributed by atoms with Gasteiger partial charge >= 0.3 is 17.9 Å². The molecule has 0 amide bonds. The molecular weight excluding hydrogens is 1370 g/mol. The van der Waals surface area contributed by atoms with Crippen molar-refractivity contribution in [2.24, 2.45) is 0 Å². The number of carboxylic acids is 1. The van der Waals surface area contributed by atoms with Crippen LogP contribution in [0.1, 0.15) is 96.3 Å². The smallest absolute Gasteiger partial charge is 0.337 e. The number of carbonyl (C=O) groups excluding carboxylic acids is 3. The molecule has 4 aliphatic heterocycles. The Morgan fingerprint density at radius 2 is 0.826 bits per heavy atom. The van der Waals surface area contributed by atoms with E-state index in [0.29, 0.717) is 76.7 Å². The van der Waals surface area contributed by atoms with Gasteiger partial charge in [-0.1, -0.05) is 146 Å². The minimum atomic E-state index is -0.961. The number of aliphatic hydroxyl groups is 1. The van der Waals surface area contributed by atoms with Crippen molar-refractivity contribution in [2.45, 2.75) is 83.4 Å². The van der Waals surface area contributed by atoms with Crippen LogP contribution in [-0.4, -0.2) is 156 Å². The molecule has 16 rings (SSSR count). The maximum Gasteiger partial charge on any atom is 0.337 e. The SMILES string of the molecule is C1CCOC1.CC(C)O.CN(c1ccccc1)C1CCN(c2nc3cc(C(=O)O)ccc3nc2-c2ccccc2)CC1.COC(=O)c1ccc2nc(-c3ccccc3)c(N3CCC(=O)CC3)nc2c1.COC(=O)c1ccc2nc(-c3ccccc3)c(N3CCC(Nc4ccccc4)CC3)nc2c1.Nc1ccccc1. The van der Waals surface area contributed by atoms with Crippen molar-refractivity contribution in [3.63, 3.8) is 0 Å². The van der Waals surface area contributed by atoms with Gasteiger partial charge in [0.1, 0.15) is 22.9 Å². The van der Waals surface area contributed by atoms with Crippen molar-refractivity contribution in [1.82, 2.24) is 29.9 Å². The van der Waals surface area contributed by atoms with Gasteiger partial charge in [0.25, 0.3) is 0 Å². The summed E-state index contributed by atoms with van der Waals surface area (Å²) in [5, 5.41) is 21.1. The van der Waals surface area contributed by atoms with E-state index in [0.717, 1.165) is 133 Å². The number of carbonyl (C=O) groups is 4. The van der Waals surface area contributed by atoms with Crippen molar-refractivity contribution < 1.29 is 43.6 Å². The molecule has 0 unspecified atom stereocenters. The molecule has 560 valence electrons. The number of Topliss-reactive ketones (excluding diaryl/α,β-unsaturated/α-hetero) is 1. The average Bonchev–Trinajstić information content (AvgIpc) is 1.16. The summed E-state index contributed by atoms with van der Waals surface area (Å²) in [7, 11) is 4.90. The molecule has 4 fully saturated rings. The Hall–Kier alpha value is -12.2. The monoisotopic (exact) mass is 1460 g/mol. The highest BCUT2D eigenvalue weighted by Crippen LogP contribution is 2.36. The number of nitrogen functional groups attached to an aromatic ring is 1. The van der Waals surface area contributed by atoms with Gasteiger partial charge in [-0.25, -0.2) is 44.3 Å². The zero-order chi connectivity index (χ0) is 76.4. The topological polar surface area (TPSA) is 265 Å². The molecule has 3 aromatic heterocycles. The lowest BCUT2D eigenvalue weighted by Crippen LogP contribution is -2.44. The predicted molar refractivity (Wildman–Crippen MR) is 435 cm³/mol. The van der Waals surface area contributed by atoms with E-state index in [1.807, 2.05) is 127 Å². The van der Waals surface area contributed by atoms with Gasteiger partial charge in [-0.05, 0) is 143 Å². The zero-order valence-corrected chi connectivity index (χ0v) is 62.4. The lowest BCUT2D eigenvalue weighted by atomic mass is 10.0. The molecule has 5 N–H and O–H groups in total. The third-order valence-electron chi connectivity index (χ3n) is 18.8. The van der Waals surface area contributed by atoms with E-state index in [2.05, 4.69) is 92.6 Å². The number of aliphatic hydroxyl groups excluding tert-OH is 1. The summed E-state index contributed by atoms with van der Waals surface area (Å²) in [6.45, 7) is 10.2. The predicted octanol–water partition coefficient (Wildman–Crippen LogP) is 16.0. The second-order valence-electron chi connectivity index (χ2n) is 27.0. The lowest BCUT2D eigenvalue weighted by Gasteiger charge is -2.38. The fraction of sp³-hybridized carbons (Fsp3) is 0.273. The Balaban J connectivity index is 0.000000147. The van der Waals surface area contributed by atoms with Crippen molar-refractivity contribution in [1.29, 1.82) is 0 Å². The summed E-state index contributed by atoms with van der Waals surface area (Å²) in [4.78, 5) is 85.5. The number of ketones is 1. The lowest BCUT2D eigenvalue weighted by molar-refractivity contribution is -0.119. The maximum absolute atomic E-state index is 12.0. The molecule has 0 atom stereocenters. The second-order valence-corrected chi connectivity index (χ2v) is 27.0. The number of carboxylic acid groups (broad SMARTS) is 1. The summed E-state index contributed by atoms with van der Waals surface area (Å²) in [5.74, 6) is 0.941. The number of para-hydroxylation sites is 3. The van der Waals surface area contributed by atoms with Gasteiger partial charge < -0.3 is 55.1 Å². The molecule has 109 heavy (non-hydrogen) atoms. The average molecular weight is 1460 g/mol. The molecule has 0 bridgehead atoms. The Morgan fingerprint density at radius 1 is 0.477 bits per heavy atom. The van der Waals surface area contributed by atoms with Gasteiger partial charge in [-0.15, -0.1) is 0 Å². The molecule has 0 aliphatic carbocycles. The van der Waals surface area contributed by atoms with Gasteiger partial charge in [0, 0.05) is 124 Å². The highest BCUT2D eigenvalue weighted by Gasteiger charge is 2.29. The number of aromatic carboxylic acids is 1. The minimum absolute atomic E-state index is 0.167. The number of methoxy groups -OCH3 is 2. The molecule has 12 aromatic rings. The standard InChI is InChI=1S/2C27H26N4O2.C21H19N3O3.C6H7N.C4H8O.C3H8O/c1-30(21-10-6-3-7-11-21)22-14-16-31(17-15-22)26-25(19-8-4-2-5-9-19)28-23-13-12-20(27(32)33)18-24(23)29-26;1-33-27(32)20-12-13-23-24(18-20)30-26(25(29-23)19-8-4-2-5-9-19)31-16-14-22(15-17-31)28-21-10-6-3-7-11-21;1-27-21(26)15-7-8-17-18(13-15)23-20(24-11-9-16(25)10-12-24)19(22-17)14-5-3-2-4-6-14;7-6-4-2-1-3-5-6;1-2-4-5-3-1;1-3(2)4/h2-13,18,22H,14-17H2,1H3,(H,32,33);2-13,18,22,28H,14-17H2,1H3;2-8,13H,9-12H2,1H3;1-5H,7H2;1-4H2;3-4H,1-2H3. The van der Waals surface area contributed by atoms with Crippen molar-refractivity contribution in [3.8, 4) is 33.8 Å². The van der Waals surface area contributed by atoms with E-state index in [-0.39, 0.29) is 23.4 Å². The third kappa shape index (κ3) is 21.5. The van der Waals surface area contributed by atoms with Crippen LogP contribution in [0, 0.1) is 0 Å². The largest absolute Gasteiger partial charge is 0.478 e. The number of nitrogens with one attached hydrogen (secondary N) is 1. The van der Waals surface area contributed by atoms with Gasteiger partial charge in [-0.2, -0.15) is 0 Å². The molecule has 21 nitrogen and oxygen atoms in total. The molecule has 4 saturated heterocycles. The fourth-order valence-corrected chi connectivity index (χ4v) is 13.1. The number of hydrogen-bond donors (Lipinski definition) is 4. The third-order valence-corrected chi connectivity index (χ3v) is 18.8. The quantitative estimate of drug-likeness (QED) is 0.0617. The minimum Gasteiger partial charge on any atom is -0.478 e. The second kappa shape index (κ2) is 38.9. The summed E-state index contributed by atoms with van der Waals surface area (Å²) < 4.78 is 14.6. The molecule has 0 saturated carbocycles. The van der Waals surface area contributed by atoms with Crippen molar-refractivity contribution >= 4 is 91.3 Å². The number of hydrogen-bond acceptors (Lipinski definition) is 20. The van der Waals surface area contributed by atoms with Gasteiger partial charge in [0.05, 0.1) is 64.0 Å². The number of esters is 2. The summed E-state index contributed by atoms with van der Waals surface area (Å²) in [6.07, 6.45) is 7.44. The van der Waals surface area contributed by atoms with Gasteiger partial charge in [0.15, 0.2) is 17.5 Å². The number of fused-ring (bicyclic) bond motifs is 3. The van der Waals surface area contributed by atoms with Crippen LogP contribution in [0.2, 0.25) is 0 Å². The number of nitrogens with zero attached hydrogens (tertiary/aromatic N) is 10. The first kappa shape index (κ1) is 77.9. The molecule has 7 heterocycles. The number of piperidine rings is 3. The Labute approximate surface area is 636 Å². The highest BCUT2D eigenvalue weighted by atomic mass is 16.5.